The van der Waals surface area contributed by atoms with Crippen LogP contribution in [-0.4, -0.2) is 35.2 Å². The predicted molar refractivity (Wildman–Crippen MR) is 53.5 cm³/mol. The Balaban J connectivity index is 1.95. The third-order valence-corrected chi connectivity index (χ3v) is 3.93. The average molecular weight is 183 g/mol. The molecular formula is C11H21NO. The first kappa shape index (κ1) is 9.47. The van der Waals surface area contributed by atoms with E-state index in [0.29, 0.717) is 6.04 Å². The zero-order valence-corrected chi connectivity index (χ0v) is 8.74. The molecule has 1 saturated carbocycles. The van der Waals surface area contributed by atoms with Crippen molar-refractivity contribution in [3.8, 4) is 0 Å². The Labute approximate surface area is 80.9 Å². The molecule has 0 radical (unpaired) electrons. The van der Waals surface area contributed by atoms with Gasteiger partial charge in [0.1, 0.15) is 0 Å². The molecule has 0 aromatic rings. The maximum Gasteiger partial charge on any atom is 0.0695 e. The van der Waals surface area contributed by atoms with Crippen molar-refractivity contribution in [2.45, 2.75) is 45.3 Å². The highest BCUT2D eigenvalue weighted by atomic mass is 16.3. The Morgan fingerprint density at radius 2 is 1.69 bits per heavy atom. The number of nitrogens with zero attached hydrogens (tertiary/aromatic N) is 1. The van der Waals surface area contributed by atoms with Crippen LogP contribution in [0.25, 0.3) is 0 Å². The van der Waals surface area contributed by atoms with Crippen LogP contribution >= 0.6 is 0 Å². The molecule has 1 aliphatic carbocycles. The summed E-state index contributed by atoms with van der Waals surface area (Å²) in [5.41, 5.74) is 0. The molecule has 1 heterocycles. The lowest BCUT2D eigenvalue weighted by Crippen LogP contribution is -2.38. The standard InChI is InChI=1S/C11H21NO/c1-8-6-12(7-9(8)2)10-4-3-5-11(10)13/h8-11,13H,3-7H2,1-2H3. The number of rotatable bonds is 1. The van der Waals surface area contributed by atoms with Gasteiger partial charge < -0.3 is 5.11 Å². The van der Waals surface area contributed by atoms with E-state index in [1.54, 1.807) is 0 Å². The fourth-order valence-corrected chi connectivity index (χ4v) is 2.79. The molecule has 0 aromatic carbocycles. The van der Waals surface area contributed by atoms with Gasteiger partial charge >= 0.3 is 0 Å². The summed E-state index contributed by atoms with van der Waals surface area (Å²) >= 11 is 0. The second-order valence-electron chi connectivity index (χ2n) is 4.97. The predicted octanol–water partition coefficient (Wildman–Crippen LogP) is 1.49. The van der Waals surface area contributed by atoms with Gasteiger partial charge in [0.15, 0.2) is 0 Å². The van der Waals surface area contributed by atoms with Gasteiger partial charge in [-0.2, -0.15) is 0 Å². The minimum absolute atomic E-state index is 0.0440. The van der Waals surface area contributed by atoms with E-state index in [0.717, 1.165) is 18.3 Å². The molecule has 4 atom stereocenters. The first-order chi connectivity index (χ1) is 6.18. The Morgan fingerprint density at radius 3 is 2.15 bits per heavy atom. The molecule has 13 heavy (non-hydrogen) atoms. The lowest BCUT2D eigenvalue weighted by Gasteiger charge is -2.26. The topological polar surface area (TPSA) is 23.5 Å². The zero-order valence-electron chi connectivity index (χ0n) is 8.74. The van der Waals surface area contributed by atoms with Gasteiger partial charge in [-0.1, -0.05) is 13.8 Å². The average Bonchev–Trinajstić information content (AvgIpc) is 2.60. The van der Waals surface area contributed by atoms with Crippen LogP contribution in [0, 0.1) is 11.8 Å². The summed E-state index contributed by atoms with van der Waals surface area (Å²) in [6, 6.07) is 0.479. The summed E-state index contributed by atoms with van der Waals surface area (Å²) in [4.78, 5) is 2.51. The first-order valence-corrected chi connectivity index (χ1v) is 5.60. The highest BCUT2D eigenvalue weighted by Gasteiger charge is 2.36. The van der Waals surface area contributed by atoms with Crippen LogP contribution in [0.5, 0.6) is 0 Å². The summed E-state index contributed by atoms with van der Waals surface area (Å²) in [6.45, 7) is 7.05. The number of aliphatic hydroxyl groups excluding tert-OH is 1. The second kappa shape index (κ2) is 3.58. The van der Waals surface area contributed by atoms with Gasteiger partial charge in [-0.3, -0.25) is 4.90 Å². The third-order valence-electron chi connectivity index (χ3n) is 3.93. The van der Waals surface area contributed by atoms with Crippen LogP contribution in [0.15, 0.2) is 0 Å². The molecule has 0 bridgehead atoms. The van der Waals surface area contributed by atoms with E-state index in [4.69, 9.17) is 0 Å². The fourth-order valence-electron chi connectivity index (χ4n) is 2.79. The van der Waals surface area contributed by atoms with Crippen molar-refractivity contribution >= 4 is 0 Å². The van der Waals surface area contributed by atoms with Crippen LogP contribution in [0.1, 0.15) is 33.1 Å². The number of hydrogen-bond donors (Lipinski definition) is 1. The minimum Gasteiger partial charge on any atom is -0.391 e. The molecule has 2 fully saturated rings. The van der Waals surface area contributed by atoms with Crippen molar-refractivity contribution in [2.75, 3.05) is 13.1 Å². The van der Waals surface area contributed by atoms with E-state index < -0.39 is 0 Å². The zero-order chi connectivity index (χ0) is 9.42. The normalized spacial score (nSPS) is 47.3. The maximum absolute atomic E-state index is 9.78. The number of aliphatic hydroxyl groups is 1. The third kappa shape index (κ3) is 1.75. The van der Waals surface area contributed by atoms with Crippen molar-refractivity contribution in [3.05, 3.63) is 0 Å². The number of likely N-dealkylation sites (tertiary alicyclic amines) is 1. The highest BCUT2D eigenvalue weighted by Crippen LogP contribution is 2.31. The van der Waals surface area contributed by atoms with Gasteiger partial charge in [0.2, 0.25) is 0 Å². The second-order valence-corrected chi connectivity index (χ2v) is 4.97. The van der Waals surface area contributed by atoms with E-state index in [9.17, 15) is 5.11 Å². The molecule has 1 N–H and O–H groups in total. The quantitative estimate of drug-likeness (QED) is 0.665. The van der Waals surface area contributed by atoms with Gasteiger partial charge in [-0.15, -0.1) is 0 Å². The van der Waals surface area contributed by atoms with Gasteiger partial charge in [-0.25, -0.2) is 0 Å². The van der Waals surface area contributed by atoms with Crippen LogP contribution in [0.4, 0.5) is 0 Å². The van der Waals surface area contributed by atoms with Crippen molar-refractivity contribution in [1.29, 1.82) is 0 Å². The van der Waals surface area contributed by atoms with Gasteiger partial charge in [0, 0.05) is 19.1 Å². The van der Waals surface area contributed by atoms with Gasteiger partial charge in [0.05, 0.1) is 6.10 Å². The monoisotopic (exact) mass is 183 g/mol. The Kier molecular flexibility index (Phi) is 2.61. The van der Waals surface area contributed by atoms with E-state index >= 15 is 0 Å². The molecule has 0 amide bonds. The molecule has 2 rings (SSSR count). The molecule has 0 spiro atoms. The van der Waals surface area contributed by atoms with Gasteiger partial charge in [0.25, 0.3) is 0 Å². The molecule has 0 aromatic heterocycles. The minimum atomic E-state index is -0.0440. The molecule has 4 unspecified atom stereocenters. The van der Waals surface area contributed by atoms with E-state index in [-0.39, 0.29) is 6.10 Å². The smallest absolute Gasteiger partial charge is 0.0695 e. The van der Waals surface area contributed by atoms with E-state index in [1.165, 1.54) is 25.9 Å². The van der Waals surface area contributed by atoms with Crippen LogP contribution in [-0.2, 0) is 0 Å². The maximum atomic E-state index is 9.78. The summed E-state index contributed by atoms with van der Waals surface area (Å²) in [5, 5.41) is 9.78. The summed E-state index contributed by atoms with van der Waals surface area (Å²) in [7, 11) is 0. The first-order valence-electron chi connectivity index (χ1n) is 5.60. The van der Waals surface area contributed by atoms with Crippen molar-refractivity contribution in [2.24, 2.45) is 11.8 Å². The molecule has 2 aliphatic rings. The van der Waals surface area contributed by atoms with Crippen molar-refractivity contribution < 1.29 is 5.11 Å². The Morgan fingerprint density at radius 1 is 1.08 bits per heavy atom. The molecule has 1 saturated heterocycles. The van der Waals surface area contributed by atoms with E-state index in [2.05, 4.69) is 18.7 Å². The molecule has 2 heteroatoms. The summed E-state index contributed by atoms with van der Waals surface area (Å²) in [5.74, 6) is 1.63. The summed E-state index contributed by atoms with van der Waals surface area (Å²) < 4.78 is 0. The Bertz CT molecular complexity index is 173. The van der Waals surface area contributed by atoms with E-state index in [1.807, 2.05) is 0 Å². The van der Waals surface area contributed by atoms with Crippen LogP contribution in [0.2, 0.25) is 0 Å². The summed E-state index contributed by atoms with van der Waals surface area (Å²) in [6.07, 6.45) is 3.40. The lowest BCUT2D eigenvalue weighted by molar-refractivity contribution is 0.0823. The van der Waals surface area contributed by atoms with Crippen LogP contribution < -0.4 is 0 Å². The fraction of sp³-hybridized carbons (Fsp3) is 1.00. The Hall–Kier alpha value is -0.0800. The van der Waals surface area contributed by atoms with Crippen molar-refractivity contribution in [3.63, 3.8) is 0 Å². The van der Waals surface area contributed by atoms with Gasteiger partial charge in [-0.05, 0) is 31.1 Å². The molecule has 2 nitrogen and oxygen atoms in total. The largest absolute Gasteiger partial charge is 0.391 e. The highest BCUT2D eigenvalue weighted by molar-refractivity contribution is 4.90. The molecule has 76 valence electrons. The molecule has 1 aliphatic heterocycles. The molecular weight excluding hydrogens is 162 g/mol. The number of hydrogen-bond acceptors (Lipinski definition) is 2. The SMILES string of the molecule is CC1CN(C2CCCC2O)CC1C. The van der Waals surface area contributed by atoms with Crippen LogP contribution in [0.3, 0.4) is 0 Å². The lowest BCUT2D eigenvalue weighted by atomic mass is 10.0. The van der Waals surface area contributed by atoms with Crippen molar-refractivity contribution in [1.82, 2.24) is 4.90 Å².